The van der Waals surface area contributed by atoms with Crippen LogP contribution >= 0.6 is 0 Å². The standard InChI is InChI=1S/C13H18N6O2/c1-8-11(18-21-17-8)13(20)15-9(2)12-16-14-7-19(12)10-5-3-4-6-10/h7,9-10H,3-6H2,1-2H3,(H,15,20)/t9-/m1/s1. The number of aryl methyl sites for hydroxylation is 1. The van der Waals surface area contributed by atoms with Crippen molar-refractivity contribution < 1.29 is 9.42 Å². The van der Waals surface area contributed by atoms with E-state index in [0.717, 1.165) is 18.7 Å². The lowest BCUT2D eigenvalue weighted by molar-refractivity contribution is 0.0927. The summed E-state index contributed by atoms with van der Waals surface area (Å²) in [5, 5.41) is 18.2. The molecule has 1 amide bonds. The minimum absolute atomic E-state index is 0.203. The van der Waals surface area contributed by atoms with Gasteiger partial charge >= 0.3 is 0 Å². The monoisotopic (exact) mass is 290 g/mol. The topological polar surface area (TPSA) is 98.7 Å². The number of rotatable bonds is 4. The zero-order chi connectivity index (χ0) is 14.8. The summed E-state index contributed by atoms with van der Waals surface area (Å²) in [7, 11) is 0. The molecule has 1 aliphatic rings. The normalized spacial score (nSPS) is 17.0. The van der Waals surface area contributed by atoms with Crippen LogP contribution in [0, 0.1) is 6.92 Å². The first kappa shape index (κ1) is 13.7. The first-order valence-electron chi connectivity index (χ1n) is 7.16. The molecule has 0 radical (unpaired) electrons. The third-order valence-corrected chi connectivity index (χ3v) is 3.92. The molecule has 3 rings (SSSR count). The second-order valence-electron chi connectivity index (χ2n) is 5.43. The van der Waals surface area contributed by atoms with Crippen molar-refractivity contribution in [3.05, 3.63) is 23.5 Å². The molecule has 2 heterocycles. The third-order valence-electron chi connectivity index (χ3n) is 3.92. The van der Waals surface area contributed by atoms with E-state index in [4.69, 9.17) is 0 Å². The van der Waals surface area contributed by atoms with Crippen molar-refractivity contribution in [2.75, 3.05) is 0 Å². The molecule has 0 saturated heterocycles. The lowest BCUT2D eigenvalue weighted by Gasteiger charge is -2.18. The predicted octanol–water partition coefficient (Wildman–Crippen LogP) is 1.58. The van der Waals surface area contributed by atoms with Gasteiger partial charge in [-0.05, 0) is 31.8 Å². The third kappa shape index (κ3) is 2.65. The van der Waals surface area contributed by atoms with Gasteiger partial charge in [0.05, 0.1) is 6.04 Å². The van der Waals surface area contributed by atoms with Crippen molar-refractivity contribution in [2.45, 2.75) is 51.6 Å². The van der Waals surface area contributed by atoms with Crippen molar-refractivity contribution in [3.63, 3.8) is 0 Å². The summed E-state index contributed by atoms with van der Waals surface area (Å²) in [5.74, 6) is 0.451. The first-order valence-corrected chi connectivity index (χ1v) is 7.16. The van der Waals surface area contributed by atoms with Gasteiger partial charge in [-0.2, -0.15) is 0 Å². The number of amides is 1. The molecule has 0 aliphatic heterocycles. The molecule has 1 saturated carbocycles. The maximum atomic E-state index is 12.1. The molecule has 8 heteroatoms. The number of nitrogens with one attached hydrogen (secondary N) is 1. The van der Waals surface area contributed by atoms with Gasteiger partial charge in [0.2, 0.25) is 0 Å². The second-order valence-corrected chi connectivity index (χ2v) is 5.43. The molecule has 2 aromatic heterocycles. The van der Waals surface area contributed by atoms with Crippen LogP contribution < -0.4 is 5.32 Å². The van der Waals surface area contributed by atoms with E-state index in [2.05, 4.69) is 35.0 Å². The maximum absolute atomic E-state index is 12.1. The molecular weight excluding hydrogens is 272 g/mol. The summed E-state index contributed by atoms with van der Waals surface area (Å²) in [5.41, 5.74) is 0.672. The van der Waals surface area contributed by atoms with Gasteiger partial charge in [0.1, 0.15) is 12.0 Å². The quantitative estimate of drug-likeness (QED) is 0.917. The van der Waals surface area contributed by atoms with E-state index in [-0.39, 0.29) is 17.6 Å². The highest BCUT2D eigenvalue weighted by molar-refractivity contribution is 5.93. The lowest BCUT2D eigenvalue weighted by Crippen LogP contribution is -2.30. The van der Waals surface area contributed by atoms with Crippen LogP contribution in [0.2, 0.25) is 0 Å². The van der Waals surface area contributed by atoms with Gasteiger partial charge < -0.3 is 9.88 Å². The number of carbonyl (C=O) groups is 1. The number of hydrogen-bond donors (Lipinski definition) is 1. The molecule has 0 spiro atoms. The fourth-order valence-corrected chi connectivity index (χ4v) is 2.79. The Morgan fingerprint density at radius 2 is 2.19 bits per heavy atom. The summed E-state index contributed by atoms with van der Waals surface area (Å²) in [6.07, 6.45) is 6.48. The van der Waals surface area contributed by atoms with Crippen LogP contribution in [0.5, 0.6) is 0 Å². The summed E-state index contributed by atoms with van der Waals surface area (Å²) < 4.78 is 6.62. The first-order chi connectivity index (χ1) is 10.2. The van der Waals surface area contributed by atoms with E-state index in [0.29, 0.717) is 11.7 Å². The Morgan fingerprint density at radius 1 is 1.43 bits per heavy atom. The van der Waals surface area contributed by atoms with E-state index in [1.54, 1.807) is 13.3 Å². The fourth-order valence-electron chi connectivity index (χ4n) is 2.79. The molecule has 112 valence electrons. The minimum Gasteiger partial charge on any atom is -0.341 e. The molecule has 8 nitrogen and oxygen atoms in total. The van der Waals surface area contributed by atoms with Crippen molar-refractivity contribution >= 4 is 5.91 Å². The average molecular weight is 290 g/mol. The van der Waals surface area contributed by atoms with E-state index in [1.807, 2.05) is 6.92 Å². The van der Waals surface area contributed by atoms with Crippen LogP contribution in [0.3, 0.4) is 0 Å². The van der Waals surface area contributed by atoms with Crippen molar-refractivity contribution in [1.29, 1.82) is 0 Å². The molecule has 0 bridgehead atoms. The Hall–Kier alpha value is -2.25. The molecule has 0 unspecified atom stereocenters. The van der Waals surface area contributed by atoms with E-state index >= 15 is 0 Å². The Bertz CT molecular complexity index is 628. The Kier molecular flexibility index (Phi) is 3.68. The van der Waals surface area contributed by atoms with Crippen LogP contribution in [0.1, 0.15) is 66.7 Å². The van der Waals surface area contributed by atoms with E-state index in [9.17, 15) is 4.79 Å². The number of hydrogen-bond acceptors (Lipinski definition) is 6. The fraction of sp³-hybridized carbons (Fsp3) is 0.615. The van der Waals surface area contributed by atoms with Gasteiger partial charge in [-0.1, -0.05) is 18.0 Å². The molecular formula is C13H18N6O2. The van der Waals surface area contributed by atoms with Crippen LogP contribution in [0.25, 0.3) is 0 Å². The van der Waals surface area contributed by atoms with Crippen LogP contribution in [0.4, 0.5) is 0 Å². The summed E-state index contributed by atoms with van der Waals surface area (Å²) in [6, 6.07) is 0.182. The Balaban J connectivity index is 1.74. The van der Waals surface area contributed by atoms with Crippen LogP contribution in [-0.4, -0.2) is 31.0 Å². The van der Waals surface area contributed by atoms with E-state index in [1.165, 1.54) is 12.8 Å². The van der Waals surface area contributed by atoms with Gasteiger partial charge in [-0.25, -0.2) is 4.63 Å². The van der Waals surface area contributed by atoms with E-state index < -0.39 is 0 Å². The highest BCUT2D eigenvalue weighted by Gasteiger charge is 2.25. The van der Waals surface area contributed by atoms with Gasteiger partial charge in [0, 0.05) is 6.04 Å². The SMILES string of the molecule is Cc1nonc1C(=O)N[C@H](C)c1nncn1C1CCCC1. The highest BCUT2D eigenvalue weighted by Crippen LogP contribution is 2.31. The molecule has 1 aliphatic carbocycles. The second kappa shape index (κ2) is 5.63. The van der Waals surface area contributed by atoms with Gasteiger partial charge in [0.25, 0.3) is 5.91 Å². The highest BCUT2D eigenvalue weighted by atomic mass is 16.6. The maximum Gasteiger partial charge on any atom is 0.276 e. The summed E-state index contributed by atoms with van der Waals surface area (Å²) in [6.45, 7) is 3.56. The Labute approximate surface area is 121 Å². The zero-order valence-corrected chi connectivity index (χ0v) is 12.1. The molecule has 1 atom stereocenters. The Morgan fingerprint density at radius 3 is 2.86 bits per heavy atom. The molecule has 1 fully saturated rings. The summed E-state index contributed by atoms with van der Waals surface area (Å²) >= 11 is 0. The molecule has 21 heavy (non-hydrogen) atoms. The van der Waals surface area contributed by atoms with Crippen molar-refractivity contribution in [2.24, 2.45) is 0 Å². The van der Waals surface area contributed by atoms with Crippen LogP contribution in [-0.2, 0) is 0 Å². The van der Waals surface area contributed by atoms with Gasteiger partial charge in [-0.15, -0.1) is 10.2 Å². The lowest BCUT2D eigenvalue weighted by atomic mass is 10.2. The minimum atomic E-state index is -0.317. The predicted molar refractivity (Wildman–Crippen MR) is 72.4 cm³/mol. The molecule has 2 aromatic rings. The number of nitrogens with zero attached hydrogens (tertiary/aromatic N) is 5. The largest absolute Gasteiger partial charge is 0.341 e. The van der Waals surface area contributed by atoms with Crippen molar-refractivity contribution in [3.8, 4) is 0 Å². The number of aromatic nitrogens is 5. The van der Waals surface area contributed by atoms with Gasteiger partial charge in [0.15, 0.2) is 11.5 Å². The zero-order valence-electron chi connectivity index (χ0n) is 12.1. The summed E-state index contributed by atoms with van der Waals surface area (Å²) in [4.78, 5) is 12.1. The molecule has 0 aromatic carbocycles. The smallest absolute Gasteiger partial charge is 0.276 e. The molecule has 1 N–H and O–H groups in total. The number of carbonyl (C=O) groups excluding carboxylic acids is 1. The van der Waals surface area contributed by atoms with Gasteiger partial charge in [-0.3, -0.25) is 4.79 Å². The van der Waals surface area contributed by atoms with Crippen LogP contribution in [0.15, 0.2) is 11.0 Å². The van der Waals surface area contributed by atoms with Crippen molar-refractivity contribution in [1.82, 2.24) is 30.4 Å². The average Bonchev–Trinajstić information content (AvgIpc) is 3.19.